The molecule has 298 valence electrons. The van der Waals surface area contributed by atoms with Gasteiger partial charge in [-0.15, -0.1) is 11.3 Å². The van der Waals surface area contributed by atoms with Gasteiger partial charge in [-0.2, -0.15) is 5.26 Å². The molecular weight excluding hydrogens is 799 g/mol. The van der Waals surface area contributed by atoms with Crippen LogP contribution < -0.4 is 0 Å². The number of aromatic nitrogens is 4. The Morgan fingerprint density at radius 1 is 0.406 bits per heavy atom. The maximum atomic E-state index is 10.2. The highest BCUT2D eigenvalue weighted by Gasteiger charge is 2.46. The Morgan fingerprint density at radius 2 is 0.984 bits per heavy atom. The van der Waals surface area contributed by atoms with E-state index < -0.39 is 5.41 Å². The van der Waals surface area contributed by atoms with E-state index in [2.05, 4.69) is 158 Å². The first-order valence-electron chi connectivity index (χ1n) is 21.2. The second-order valence-corrected chi connectivity index (χ2v) is 17.2. The lowest BCUT2D eigenvalue weighted by atomic mass is 9.67. The molecule has 64 heavy (non-hydrogen) atoms. The van der Waals surface area contributed by atoms with Gasteiger partial charge in [-0.1, -0.05) is 146 Å². The smallest absolute Gasteiger partial charge is 0.164 e. The molecule has 0 fully saturated rings. The summed E-state index contributed by atoms with van der Waals surface area (Å²) in [5, 5.41) is 12.7. The fourth-order valence-corrected chi connectivity index (χ4v) is 10.7. The predicted octanol–water partition coefficient (Wildman–Crippen LogP) is 14.2. The molecular formula is C58H35N5S. The van der Waals surface area contributed by atoms with Gasteiger partial charge in [-0.25, -0.2) is 15.0 Å². The topological polar surface area (TPSA) is 75.3 Å². The maximum Gasteiger partial charge on any atom is 0.164 e. The third kappa shape index (κ3) is 6.13. The van der Waals surface area contributed by atoms with Gasteiger partial charge in [0.05, 0.1) is 22.7 Å². The van der Waals surface area contributed by atoms with Crippen LogP contribution in [0, 0.1) is 11.3 Å². The molecule has 0 saturated carbocycles. The summed E-state index contributed by atoms with van der Waals surface area (Å²) in [5.41, 5.74) is 13.3. The zero-order chi connectivity index (χ0) is 42.6. The minimum Gasteiger partial charge on any atom is -0.256 e. The number of hydrogen-bond donors (Lipinski definition) is 0. The Kier molecular flexibility index (Phi) is 8.89. The molecule has 0 aliphatic heterocycles. The molecule has 0 amide bonds. The van der Waals surface area contributed by atoms with Crippen molar-refractivity contribution >= 4 is 31.5 Å². The van der Waals surface area contributed by atoms with Crippen LogP contribution >= 0.6 is 11.3 Å². The van der Waals surface area contributed by atoms with Crippen molar-refractivity contribution in [3.63, 3.8) is 0 Å². The normalized spacial score (nSPS) is 12.5. The molecule has 11 aromatic rings. The van der Waals surface area contributed by atoms with Crippen LogP contribution in [-0.4, -0.2) is 19.9 Å². The molecule has 0 N–H and O–H groups in total. The van der Waals surface area contributed by atoms with E-state index in [1.807, 2.05) is 60.8 Å². The minimum atomic E-state index is -0.680. The summed E-state index contributed by atoms with van der Waals surface area (Å²) in [7, 11) is 0. The molecule has 8 aromatic carbocycles. The van der Waals surface area contributed by atoms with Crippen molar-refractivity contribution in [2.24, 2.45) is 0 Å². The van der Waals surface area contributed by atoms with E-state index in [0.29, 0.717) is 23.0 Å². The van der Waals surface area contributed by atoms with Gasteiger partial charge >= 0.3 is 0 Å². The van der Waals surface area contributed by atoms with Crippen LogP contribution in [0.15, 0.2) is 212 Å². The Balaban J connectivity index is 1.08. The van der Waals surface area contributed by atoms with Crippen LogP contribution in [0.25, 0.3) is 87.8 Å². The SMILES string of the molecule is N#Cc1ccc2c(c1)C(c1ccccc1)(c1ccccc1)c1cc(-c3cc(-c4ccccn4)cc(-c4nc(-c5ccccc5)nc(-c5ccc6c(c5)sc5ccccc56)n4)c3)ccc1-2. The van der Waals surface area contributed by atoms with E-state index in [-0.39, 0.29) is 0 Å². The van der Waals surface area contributed by atoms with E-state index in [0.717, 1.165) is 72.5 Å². The van der Waals surface area contributed by atoms with Gasteiger partial charge in [0.25, 0.3) is 0 Å². The van der Waals surface area contributed by atoms with Crippen molar-refractivity contribution in [2.45, 2.75) is 5.41 Å². The fourth-order valence-electron chi connectivity index (χ4n) is 9.56. The highest BCUT2D eigenvalue weighted by Crippen LogP contribution is 2.57. The molecule has 0 unspecified atom stereocenters. The lowest BCUT2D eigenvalue weighted by Gasteiger charge is -2.34. The van der Waals surface area contributed by atoms with Crippen LogP contribution in [0.1, 0.15) is 27.8 Å². The van der Waals surface area contributed by atoms with Crippen LogP contribution in [0.5, 0.6) is 0 Å². The third-order valence-corrected chi connectivity index (χ3v) is 13.6. The summed E-state index contributed by atoms with van der Waals surface area (Å²) < 4.78 is 2.44. The van der Waals surface area contributed by atoms with Crippen molar-refractivity contribution in [1.29, 1.82) is 5.26 Å². The Bertz CT molecular complexity index is 3580. The van der Waals surface area contributed by atoms with E-state index in [9.17, 15) is 5.26 Å². The number of hydrogen-bond acceptors (Lipinski definition) is 6. The molecule has 3 aromatic heterocycles. The number of thiophene rings is 1. The Hall–Kier alpha value is -8.37. The molecule has 6 heteroatoms. The predicted molar refractivity (Wildman–Crippen MR) is 260 cm³/mol. The minimum absolute atomic E-state index is 0.569. The summed E-state index contributed by atoms with van der Waals surface area (Å²) in [6, 6.07) is 74.4. The Morgan fingerprint density at radius 3 is 1.70 bits per heavy atom. The zero-order valence-electron chi connectivity index (χ0n) is 34.4. The van der Waals surface area contributed by atoms with E-state index >= 15 is 0 Å². The molecule has 1 aliphatic carbocycles. The molecule has 3 heterocycles. The fraction of sp³-hybridized carbons (Fsp3) is 0.0172. The lowest BCUT2D eigenvalue weighted by molar-refractivity contribution is 0.768. The standard InChI is InChI=1S/C58H35N5S/c59-36-37-23-26-46-47-27-24-39(34-51(47)58(50(46)30-37,44-16-6-2-7-17-44)45-18-8-3-9-19-45)41-31-42(52-21-12-13-29-60-52)33-43(32-41)57-62-55(38-14-4-1-5-15-38)61-56(63-57)40-25-28-49-48-20-10-11-22-53(48)64-54(49)35-40/h1-35H. The lowest BCUT2D eigenvalue weighted by Crippen LogP contribution is -2.28. The van der Waals surface area contributed by atoms with E-state index in [1.165, 1.54) is 20.2 Å². The summed E-state index contributed by atoms with van der Waals surface area (Å²) in [4.78, 5) is 20.4. The van der Waals surface area contributed by atoms with Gasteiger partial charge in [-0.05, 0) is 105 Å². The molecule has 1 aliphatic rings. The monoisotopic (exact) mass is 833 g/mol. The average Bonchev–Trinajstić information content (AvgIpc) is 3.90. The number of rotatable bonds is 7. The number of nitriles is 1. The van der Waals surface area contributed by atoms with Gasteiger partial charge < -0.3 is 0 Å². The van der Waals surface area contributed by atoms with Crippen molar-refractivity contribution in [3.05, 3.63) is 240 Å². The van der Waals surface area contributed by atoms with Crippen molar-refractivity contribution in [3.8, 4) is 73.7 Å². The highest BCUT2D eigenvalue weighted by molar-refractivity contribution is 7.25. The first kappa shape index (κ1) is 37.4. The molecule has 0 radical (unpaired) electrons. The summed E-state index contributed by atoms with van der Waals surface area (Å²) in [6.45, 7) is 0. The number of pyridine rings is 1. The summed E-state index contributed by atoms with van der Waals surface area (Å²) >= 11 is 1.78. The molecule has 5 nitrogen and oxygen atoms in total. The third-order valence-electron chi connectivity index (χ3n) is 12.5. The van der Waals surface area contributed by atoms with Crippen molar-refractivity contribution in [1.82, 2.24) is 19.9 Å². The van der Waals surface area contributed by atoms with Gasteiger partial charge in [-0.3, -0.25) is 4.98 Å². The number of fused-ring (bicyclic) bond motifs is 6. The highest BCUT2D eigenvalue weighted by atomic mass is 32.1. The average molecular weight is 834 g/mol. The van der Waals surface area contributed by atoms with Crippen molar-refractivity contribution < 1.29 is 0 Å². The molecule has 12 rings (SSSR count). The van der Waals surface area contributed by atoms with Crippen LogP contribution in [-0.2, 0) is 5.41 Å². The van der Waals surface area contributed by atoms with E-state index in [4.69, 9.17) is 19.9 Å². The van der Waals surface area contributed by atoms with Crippen LogP contribution in [0.4, 0.5) is 0 Å². The molecule has 0 atom stereocenters. The zero-order valence-corrected chi connectivity index (χ0v) is 35.2. The van der Waals surface area contributed by atoms with Gasteiger partial charge in [0.2, 0.25) is 0 Å². The van der Waals surface area contributed by atoms with Crippen LogP contribution in [0.2, 0.25) is 0 Å². The summed E-state index contributed by atoms with van der Waals surface area (Å²) in [5.74, 6) is 1.78. The molecule has 0 bridgehead atoms. The first-order valence-corrected chi connectivity index (χ1v) is 22.1. The number of benzene rings is 8. The van der Waals surface area contributed by atoms with Gasteiger partial charge in [0.15, 0.2) is 17.5 Å². The largest absolute Gasteiger partial charge is 0.256 e. The number of nitrogens with zero attached hydrogens (tertiary/aromatic N) is 5. The van der Waals surface area contributed by atoms with Gasteiger partial charge in [0.1, 0.15) is 0 Å². The van der Waals surface area contributed by atoms with Crippen LogP contribution in [0.3, 0.4) is 0 Å². The summed E-state index contributed by atoms with van der Waals surface area (Å²) in [6.07, 6.45) is 1.83. The quantitative estimate of drug-likeness (QED) is 0.160. The van der Waals surface area contributed by atoms with Crippen molar-refractivity contribution in [2.75, 3.05) is 0 Å². The maximum absolute atomic E-state index is 10.2. The Labute approximate surface area is 374 Å². The molecule has 0 saturated heterocycles. The molecule has 0 spiro atoms. The first-order chi connectivity index (χ1) is 31.6. The second kappa shape index (κ2) is 15.2. The second-order valence-electron chi connectivity index (χ2n) is 16.1. The van der Waals surface area contributed by atoms with Gasteiger partial charge in [0, 0.05) is 48.6 Å². The van der Waals surface area contributed by atoms with E-state index in [1.54, 1.807) is 11.3 Å².